The molecule has 262 valence electrons. The van der Waals surface area contributed by atoms with Gasteiger partial charge in [0.15, 0.2) is 0 Å². The first-order valence-corrected chi connectivity index (χ1v) is 19.8. The molecule has 0 saturated heterocycles. The lowest BCUT2D eigenvalue weighted by molar-refractivity contribution is 0.632. The summed E-state index contributed by atoms with van der Waals surface area (Å²) in [6, 6.07) is 57.1. The number of para-hydroxylation sites is 5. The summed E-state index contributed by atoms with van der Waals surface area (Å²) in [5.74, 6) is 0. The average Bonchev–Trinajstić information content (AvgIpc) is 3.45. The first-order valence-electron chi connectivity index (χ1n) is 19.8. The van der Waals surface area contributed by atoms with Crippen molar-refractivity contribution in [1.82, 2.24) is 4.57 Å². The van der Waals surface area contributed by atoms with Gasteiger partial charge in [-0.25, -0.2) is 0 Å². The molecule has 0 amide bonds. The Bertz CT molecular complexity index is 3090. The number of allylic oxidation sites excluding steroid dienone is 4. The molecular formula is C52H36BN3. The van der Waals surface area contributed by atoms with E-state index in [0.717, 1.165) is 0 Å². The predicted molar refractivity (Wildman–Crippen MR) is 236 cm³/mol. The number of benzene rings is 7. The van der Waals surface area contributed by atoms with Gasteiger partial charge in [-0.3, -0.25) is 0 Å². The molecule has 1 aromatic heterocycles. The van der Waals surface area contributed by atoms with Gasteiger partial charge in [0.05, 0.1) is 22.9 Å². The van der Waals surface area contributed by atoms with Crippen molar-refractivity contribution in [2.45, 2.75) is 25.3 Å². The van der Waals surface area contributed by atoms with Crippen molar-refractivity contribution in [2.75, 3.05) is 9.80 Å². The molecule has 0 radical (unpaired) electrons. The molecule has 2 bridgehead atoms. The zero-order valence-corrected chi connectivity index (χ0v) is 31.2. The zero-order chi connectivity index (χ0) is 36.9. The van der Waals surface area contributed by atoms with Crippen molar-refractivity contribution in [3.05, 3.63) is 198 Å². The maximum Gasteiger partial charge on any atom is 0.247 e. The molecule has 1 atom stereocenters. The Hall–Kier alpha value is -6.78. The number of aromatic nitrogens is 1. The van der Waals surface area contributed by atoms with Crippen molar-refractivity contribution in [2.24, 2.45) is 0 Å². The van der Waals surface area contributed by atoms with Crippen LogP contribution in [-0.2, 0) is 5.41 Å². The van der Waals surface area contributed by atoms with Crippen molar-refractivity contribution in [1.29, 1.82) is 0 Å². The van der Waals surface area contributed by atoms with E-state index < -0.39 is 0 Å². The summed E-state index contributed by atoms with van der Waals surface area (Å²) in [5, 5.41) is 2.62. The van der Waals surface area contributed by atoms with Crippen LogP contribution in [0.25, 0.3) is 44.2 Å². The van der Waals surface area contributed by atoms with Crippen LogP contribution in [-0.4, -0.2) is 17.3 Å². The number of fused-ring (bicyclic) bond motifs is 12. The second-order valence-electron chi connectivity index (χ2n) is 16.5. The third kappa shape index (κ3) is 3.79. The van der Waals surface area contributed by atoms with Crippen LogP contribution in [0.1, 0.15) is 30.5 Å². The van der Waals surface area contributed by atoms with Crippen molar-refractivity contribution < 1.29 is 0 Å². The fourth-order valence-electron chi connectivity index (χ4n) is 11.0. The number of hydrogen-bond acceptors (Lipinski definition) is 2. The van der Waals surface area contributed by atoms with E-state index in [1.807, 2.05) is 0 Å². The van der Waals surface area contributed by atoms with Gasteiger partial charge in [0.1, 0.15) is 0 Å². The molecule has 4 aliphatic heterocycles. The highest BCUT2D eigenvalue weighted by Gasteiger charge is 2.47. The molecule has 0 fully saturated rings. The Labute approximate surface area is 326 Å². The van der Waals surface area contributed by atoms with Crippen molar-refractivity contribution >= 4 is 73.5 Å². The van der Waals surface area contributed by atoms with Gasteiger partial charge in [-0.2, -0.15) is 0 Å². The largest absolute Gasteiger partial charge is 0.331 e. The van der Waals surface area contributed by atoms with Gasteiger partial charge in [0.2, 0.25) is 6.71 Å². The van der Waals surface area contributed by atoms with E-state index in [4.69, 9.17) is 0 Å². The summed E-state index contributed by atoms with van der Waals surface area (Å²) in [6.45, 7) is 4.84. The smallest absolute Gasteiger partial charge is 0.247 e. The monoisotopic (exact) mass is 713 g/mol. The molecule has 3 nitrogen and oxygen atoms in total. The quantitative estimate of drug-likeness (QED) is 0.165. The third-order valence-corrected chi connectivity index (χ3v) is 13.4. The summed E-state index contributed by atoms with van der Waals surface area (Å²) < 4.78 is 2.57. The molecule has 8 aromatic rings. The number of hydrogen-bond donors (Lipinski definition) is 0. The van der Waals surface area contributed by atoms with Crippen molar-refractivity contribution in [3.8, 4) is 16.8 Å². The minimum atomic E-state index is -0.0931. The van der Waals surface area contributed by atoms with E-state index in [2.05, 4.69) is 204 Å². The first kappa shape index (κ1) is 30.5. The lowest BCUT2D eigenvalue weighted by Gasteiger charge is -2.47. The van der Waals surface area contributed by atoms with E-state index >= 15 is 0 Å². The second kappa shape index (κ2) is 10.7. The van der Waals surface area contributed by atoms with Crippen molar-refractivity contribution in [3.63, 3.8) is 0 Å². The highest BCUT2D eigenvalue weighted by molar-refractivity contribution is 6.95. The summed E-state index contributed by atoms with van der Waals surface area (Å²) in [7, 11) is 0. The van der Waals surface area contributed by atoms with Crippen LogP contribution in [0.15, 0.2) is 181 Å². The van der Waals surface area contributed by atoms with Crippen LogP contribution in [0.3, 0.4) is 0 Å². The molecule has 5 heterocycles. The predicted octanol–water partition coefficient (Wildman–Crippen LogP) is 11.4. The van der Waals surface area contributed by atoms with E-state index in [1.165, 1.54) is 106 Å². The van der Waals surface area contributed by atoms with E-state index in [1.54, 1.807) is 0 Å². The summed E-state index contributed by atoms with van der Waals surface area (Å²) in [6.07, 6.45) is 9.50. The zero-order valence-electron chi connectivity index (χ0n) is 31.2. The molecule has 1 aliphatic carbocycles. The molecule has 56 heavy (non-hydrogen) atoms. The molecule has 7 aromatic carbocycles. The molecule has 13 rings (SSSR count). The fraction of sp³-hybridized carbons (Fsp3) is 0.0769. The summed E-state index contributed by atoms with van der Waals surface area (Å²) in [4.78, 5) is 5.08. The number of anilines is 5. The topological polar surface area (TPSA) is 11.4 Å². The van der Waals surface area contributed by atoms with Crippen LogP contribution < -0.4 is 20.7 Å². The maximum absolute atomic E-state index is 2.63. The third-order valence-electron chi connectivity index (χ3n) is 13.4. The van der Waals surface area contributed by atoms with Gasteiger partial charge in [-0.15, -0.1) is 0 Å². The number of nitrogens with zero attached hydrogens (tertiary/aromatic N) is 3. The minimum absolute atomic E-state index is 0.0931. The maximum atomic E-state index is 2.63. The Morgan fingerprint density at radius 2 is 1.27 bits per heavy atom. The van der Waals surface area contributed by atoms with Crippen LogP contribution in [0.4, 0.5) is 28.4 Å². The molecular weight excluding hydrogens is 677 g/mol. The highest BCUT2D eigenvalue weighted by Crippen LogP contribution is 2.52. The molecule has 0 N–H and O–H groups in total. The van der Waals surface area contributed by atoms with E-state index in [0.29, 0.717) is 0 Å². The van der Waals surface area contributed by atoms with Crippen LogP contribution in [0.2, 0.25) is 0 Å². The van der Waals surface area contributed by atoms with Gasteiger partial charge in [-0.1, -0.05) is 147 Å². The van der Waals surface area contributed by atoms with Gasteiger partial charge in [-0.05, 0) is 87.3 Å². The normalized spacial score (nSPS) is 17.5. The SMILES string of the molecule is CC1(C)c2ccccc2N(c2ccc(-c3cc4c5c(c3)-n3c6ccccc6c6cccc(c63)B5C3=CC=CC5=CC3N4c3ccccc35)cc2)c2ccccc21. The lowest BCUT2D eigenvalue weighted by atomic mass is 9.32. The van der Waals surface area contributed by atoms with E-state index in [-0.39, 0.29) is 18.2 Å². The summed E-state index contributed by atoms with van der Waals surface area (Å²) >= 11 is 0. The van der Waals surface area contributed by atoms with Crippen LogP contribution >= 0.6 is 0 Å². The highest BCUT2D eigenvalue weighted by atomic mass is 15.2. The lowest BCUT2D eigenvalue weighted by Crippen LogP contribution is -2.59. The van der Waals surface area contributed by atoms with Crippen LogP contribution in [0, 0.1) is 0 Å². The Kier molecular flexibility index (Phi) is 5.84. The number of rotatable bonds is 2. The van der Waals surface area contributed by atoms with Crippen LogP contribution in [0.5, 0.6) is 0 Å². The minimum Gasteiger partial charge on any atom is -0.331 e. The standard InChI is InChI=1S/C52H36BN3/c1-52(2)39-17-5-9-23-45(39)54(46-24-10-6-18-40(46)52)35-27-25-32(26-28-35)34-30-48-50-49(31-34)56-44-22-8-4-15-37(44)38-16-12-20-42(51(38)56)53(50)41-19-11-13-33-29-47(41)55(48)43-21-7-3-14-36(33)43/h3-31,47H,1-2H3. The van der Waals surface area contributed by atoms with Gasteiger partial charge < -0.3 is 14.4 Å². The Morgan fingerprint density at radius 3 is 2.07 bits per heavy atom. The fourth-order valence-corrected chi connectivity index (χ4v) is 11.0. The van der Waals surface area contributed by atoms with Gasteiger partial charge in [0.25, 0.3) is 0 Å². The molecule has 0 saturated carbocycles. The van der Waals surface area contributed by atoms with Gasteiger partial charge >= 0.3 is 0 Å². The molecule has 1 unspecified atom stereocenters. The molecule has 0 spiro atoms. The average molecular weight is 714 g/mol. The first-order chi connectivity index (χ1) is 27.6. The van der Waals surface area contributed by atoms with E-state index in [9.17, 15) is 0 Å². The molecule has 5 aliphatic rings. The Balaban J connectivity index is 1.06. The Morgan fingerprint density at radius 1 is 0.589 bits per heavy atom. The van der Waals surface area contributed by atoms with Gasteiger partial charge in [0, 0.05) is 50.0 Å². The molecule has 4 heteroatoms. The second-order valence-corrected chi connectivity index (χ2v) is 16.5. The summed E-state index contributed by atoms with van der Waals surface area (Å²) in [5.41, 5.74) is 21.9.